The third-order valence-corrected chi connectivity index (χ3v) is 5.70. The molecule has 2 N–H and O–H groups in total. The summed E-state index contributed by atoms with van der Waals surface area (Å²) in [5, 5.41) is 8.06. The summed E-state index contributed by atoms with van der Waals surface area (Å²) in [7, 11) is 1.43. The number of hydrogen-bond donors (Lipinski definition) is 2. The number of halogens is 1. The van der Waals surface area contributed by atoms with Crippen molar-refractivity contribution in [3.8, 4) is 5.75 Å². The Morgan fingerprint density at radius 2 is 2.24 bits per heavy atom. The van der Waals surface area contributed by atoms with E-state index in [-0.39, 0.29) is 24.2 Å². The van der Waals surface area contributed by atoms with Crippen LogP contribution in [0.3, 0.4) is 0 Å². The Morgan fingerprint density at radius 3 is 2.92 bits per heavy atom. The lowest BCUT2D eigenvalue weighted by Crippen LogP contribution is -2.36. The topological polar surface area (TPSA) is 50.4 Å². The molecule has 0 aliphatic rings. The Bertz CT molecular complexity index is 665. The van der Waals surface area contributed by atoms with Crippen LogP contribution in [0.15, 0.2) is 35.7 Å². The van der Waals surface area contributed by atoms with E-state index < -0.39 is 5.82 Å². The van der Waals surface area contributed by atoms with Crippen LogP contribution in [0.1, 0.15) is 23.4 Å². The third kappa shape index (κ3) is 6.68. The van der Waals surface area contributed by atoms with E-state index in [2.05, 4.69) is 22.1 Å². The highest BCUT2D eigenvalue weighted by atomic mass is 32.2. The number of amides is 1. The predicted octanol–water partition coefficient (Wildman–Crippen LogP) is 3.60. The number of ether oxygens (including phenoxy) is 1. The van der Waals surface area contributed by atoms with Gasteiger partial charge in [-0.2, -0.15) is 11.8 Å². The first kappa shape index (κ1) is 19.8. The van der Waals surface area contributed by atoms with Crippen LogP contribution in [-0.4, -0.2) is 31.9 Å². The van der Waals surface area contributed by atoms with E-state index >= 15 is 0 Å². The van der Waals surface area contributed by atoms with Crippen molar-refractivity contribution in [3.05, 3.63) is 52.0 Å². The molecule has 1 amide bonds. The fourth-order valence-electron chi connectivity index (χ4n) is 2.21. The molecule has 7 heteroatoms. The van der Waals surface area contributed by atoms with E-state index in [1.165, 1.54) is 18.1 Å². The molecule has 0 saturated heterocycles. The standard InChI is InChI=1S/C18H23FN2O2S2/c1-13(14-5-6-17(23-2)16(19)10-14)21-11-18(22)20-7-9-24-12-15-4-3-8-25-15/h3-6,8,10,13,21H,7,9,11-12H2,1-2H3,(H,20,22)/t13-/m1/s1. The van der Waals surface area contributed by atoms with Crippen molar-refractivity contribution in [2.24, 2.45) is 0 Å². The maximum atomic E-state index is 13.7. The number of methoxy groups -OCH3 is 1. The Labute approximate surface area is 156 Å². The second-order valence-electron chi connectivity index (χ2n) is 5.48. The number of rotatable bonds is 10. The van der Waals surface area contributed by atoms with Gasteiger partial charge in [-0.1, -0.05) is 12.1 Å². The highest BCUT2D eigenvalue weighted by Crippen LogP contribution is 2.21. The van der Waals surface area contributed by atoms with Gasteiger partial charge in [-0.15, -0.1) is 11.3 Å². The quantitative estimate of drug-likeness (QED) is 0.617. The second-order valence-corrected chi connectivity index (χ2v) is 7.62. The minimum absolute atomic E-state index is 0.0578. The fraction of sp³-hybridized carbons (Fsp3) is 0.389. The van der Waals surface area contributed by atoms with Gasteiger partial charge >= 0.3 is 0 Å². The van der Waals surface area contributed by atoms with E-state index in [0.717, 1.165) is 17.1 Å². The van der Waals surface area contributed by atoms with Crippen molar-refractivity contribution in [3.63, 3.8) is 0 Å². The number of nitrogens with one attached hydrogen (secondary N) is 2. The summed E-state index contributed by atoms with van der Waals surface area (Å²) in [6.07, 6.45) is 0. The summed E-state index contributed by atoms with van der Waals surface area (Å²) in [5.41, 5.74) is 0.776. The van der Waals surface area contributed by atoms with Gasteiger partial charge in [-0.25, -0.2) is 4.39 Å². The maximum absolute atomic E-state index is 13.7. The lowest BCUT2D eigenvalue weighted by molar-refractivity contribution is -0.120. The molecule has 2 aromatic rings. The highest BCUT2D eigenvalue weighted by Gasteiger charge is 2.10. The normalized spacial score (nSPS) is 12.0. The molecule has 0 aliphatic carbocycles. The number of benzene rings is 1. The van der Waals surface area contributed by atoms with Crippen LogP contribution in [0.4, 0.5) is 4.39 Å². The number of carbonyl (C=O) groups is 1. The van der Waals surface area contributed by atoms with Crippen LogP contribution in [0.25, 0.3) is 0 Å². The Morgan fingerprint density at radius 1 is 1.40 bits per heavy atom. The number of thioether (sulfide) groups is 1. The van der Waals surface area contributed by atoms with Gasteiger partial charge in [0.1, 0.15) is 0 Å². The summed E-state index contributed by atoms with van der Waals surface area (Å²) in [6, 6.07) is 8.84. The van der Waals surface area contributed by atoms with E-state index in [1.807, 2.05) is 13.0 Å². The van der Waals surface area contributed by atoms with Crippen LogP contribution in [0, 0.1) is 5.82 Å². The fourth-order valence-corrected chi connectivity index (χ4v) is 3.91. The predicted molar refractivity (Wildman–Crippen MR) is 103 cm³/mol. The lowest BCUT2D eigenvalue weighted by Gasteiger charge is -2.15. The first-order valence-electron chi connectivity index (χ1n) is 8.03. The third-order valence-electron chi connectivity index (χ3n) is 3.64. The summed E-state index contributed by atoms with van der Waals surface area (Å²) < 4.78 is 18.6. The molecule has 25 heavy (non-hydrogen) atoms. The minimum Gasteiger partial charge on any atom is -0.494 e. The average Bonchev–Trinajstić information content (AvgIpc) is 3.12. The van der Waals surface area contributed by atoms with Crippen LogP contribution in [0.5, 0.6) is 5.75 Å². The molecule has 1 aromatic carbocycles. The number of carbonyl (C=O) groups excluding carboxylic acids is 1. The van der Waals surface area contributed by atoms with Gasteiger partial charge in [0.25, 0.3) is 0 Å². The molecule has 1 aromatic heterocycles. The molecule has 1 atom stereocenters. The molecule has 0 radical (unpaired) electrons. The summed E-state index contributed by atoms with van der Waals surface area (Å²) >= 11 is 3.55. The molecule has 0 aliphatic heterocycles. The molecular weight excluding hydrogens is 359 g/mol. The molecule has 0 saturated carbocycles. The van der Waals surface area contributed by atoms with Crippen LogP contribution < -0.4 is 15.4 Å². The molecule has 2 rings (SSSR count). The van der Waals surface area contributed by atoms with Gasteiger partial charge in [-0.3, -0.25) is 4.79 Å². The second kappa shape index (κ2) is 10.4. The molecule has 136 valence electrons. The maximum Gasteiger partial charge on any atom is 0.234 e. The van der Waals surface area contributed by atoms with Crippen LogP contribution >= 0.6 is 23.1 Å². The molecule has 0 unspecified atom stereocenters. The molecule has 0 bridgehead atoms. The van der Waals surface area contributed by atoms with Crippen LogP contribution in [0.2, 0.25) is 0 Å². The molecule has 0 fully saturated rings. The molecule has 0 spiro atoms. The van der Waals surface area contributed by atoms with Gasteiger partial charge in [0, 0.05) is 29.0 Å². The van der Waals surface area contributed by atoms with Gasteiger partial charge in [0.2, 0.25) is 5.91 Å². The SMILES string of the molecule is COc1ccc([C@@H](C)NCC(=O)NCCSCc2cccs2)cc1F. The van der Waals surface area contributed by atoms with Crippen molar-refractivity contribution >= 4 is 29.0 Å². The molecule has 4 nitrogen and oxygen atoms in total. The monoisotopic (exact) mass is 382 g/mol. The van der Waals surface area contributed by atoms with Crippen molar-refractivity contribution in [2.75, 3.05) is 26.0 Å². The van der Waals surface area contributed by atoms with Crippen molar-refractivity contribution in [1.82, 2.24) is 10.6 Å². The van der Waals surface area contributed by atoms with E-state index in [9.17, 15) is 9.18 Å². The van der Waals surface area contributed by atoms with Gasteiger partial charge < -0.3 is 15.4 Å². The first-order valence-corrected chi connectivity index (χ1v) is 10.1. The smallest absolute Gasteiger partial charge is 0.234 e. The number of thiophene rings is 1. The first-order chi connectivity index (χ1) is 12.1. The zero-order valence-corrected chi connectivity index (χ0v) is 16.0. The highest BCUT2D eigenvalue weighted by molar-refractivity contribution is 7.98. The molecule has 1 heterocycles. The summed E-state index contributed by atoms with van der Waals surface area (Å²) in [6.45, 7) is 2.73. The Kier molecular flexibility index (Phi) is 8.24. The van der Waals surface area contributed by atoms with Gasteiger partial charge in [0.05, 0.1) is 13.7 Å². The summed E-state index contributed by atoms with van der Waals surface area (Å²) in [4.78, 5) is 13.2. The zero-order valence-electron chi connectivity index (χ0n) is 14.4. The van der Waals surface area contributed by atoms with E-state index in [4.69, 9.17) is 4.74 Å². The molecular formula is C18H23FN2O2S2. The zero-order chi connectivity index (χ0) is 18.1. The van der Waals surface area contributed by atoms with Crippen molar-refractivity contribution in [1.29, 1.82) is 0 Å². The van der Waals surface area contributed by atoms with Crippen molar-refractivity contribution in [2.45, 2.75) is 18.7 Å². The Balaban J connectivity index is 1.63. The van der Waals surface area contributed by atoms with E-state index in [1.54, 1.807) is 35.2 Å². The Hall–Kier alpha value is -1.57. The van der Waals surface area contributed by atoms with Gasteiger partial charge in [0.15, 0.2) is 11.6 Å². The summed E-state index contributed by atoms with van der Waals surface area (Å²) in [5.74, 6) is 1.61. The van der Waals surface area contributed by atoms with Crippen molar-refractivity contribution < 1.29 is 13.9 Å². The van der Waals surface area contributed by atoms with Crippen LogP contribution in [-0.2, 0) is 10.5 Å². The lowest BCUT2D eigenvalue weighted by atomic mass is 10.1. The minimum atomic E-state index is -0.402. The number of hydrogen-bond acceptors (Lipinski definition) is 5. The van der Waals surface area contributed by atoms with E-state index in [0.29, 0.717) is 6.54 Å². The average molecular weight is 383 g/mol. The van der Waals surface area contributed by atoms with Gasteiger partial charge in [-0.05, 0) is 36.1 Å². The largest absolute Gasteiger partial charge is 0.494 e.